The van der Waals surface area contributed by atoms with Crippen molar-refractivity contribution in [2.45, 2.75) is 38.6 Å². The molecular weight excluding hydrogens is 376 g/mol. The van der Waals surface area contributed by atoms with E-state index in [1.807, 2.05) is 22.8 Å². The van der Waals surface area contributed by atoms with Crippen LogP contribution >= 0.6 is 0 Å². The minimum atomic E-state index is 0.000335. The molecule has 0 amide bonds. The molecule has 2 aromatic carbocycles. The van der Waals surface area contributed by atoms with E-state index < -0.39 is 0 Å². The summed E-state index contributed by atoms with van der Waals surface area (Å²) in [5.74, 6) is 0.601. The number of fused-ring (bicyclic) bond motifs is 1. The summed E-state index contributed by atoms with van der Waals surface area (Å²) in [5.41, 5.74) is 5.08. The molecule has 30 heavy (non-hydrogen) atoms. The van der Waals surface area contributed by atoms with Crippen LogP contribution in [0.15, 0.2) is 47.3 Å². The normalized spacial score (nSPS) is 18.1. The molecule has 0 unspecified atom stereocenters. The molecule has 2 aliphatic rings. The van der Waals surface area contributed by atoms with E-state index in [9.17, 15) is 4.79 Å². The minimum Gasteiger partial charge on any atom is -0.378 e. The highest BCUT2D eigenvalue weighted by Crippen LogP contribution is 2.34. The first-order valence-corrected chi connectivity index (χ1v) is 11.2. The third kappa shape index (κ3) is 3.97. The van der Waals surface area contributed by atoms with Crippen LogP contribution in [0.25, 0.3) is 11.0 Å². The highest BCUT2D eigenvalue weighted by atomic mass is 16.5. The number of aromatic nitrogens is 2. The fourth-order valence-electron chi connectivity index (χ4n) is 4.84. The van der Waals surface area contributed by atoms with E-state index in [4.69, 9.17) is 4.74 Å². The molecular formula is C24H30N4O2. The lowest BCUT2D eigenvalue weighted by Crippen LogP contribution is -2.36. The number of nitrogens with zero attached hydrogens (tertiary/aromatic N) is 2. The molecule has 1 saturated carbocycles. The zero-order valence-corrected chi connectivity index (χ0v) is 17.4. The van der Waals surface area contributed by atoms with E-state index in [-0.39, 0.29) is 5.69 Å². The van der Waals surface area contributed by atoms with Crippen molar-refractivity contribution in [1.29, 1.82) is 0 Å². The molecule has 1 saturated heterocycles. The van der Waals surface area contributed by atoms with Crippen LogP contribution < -0.4 is 15.9 Å². The highest BCUT2D eigenvalue weighted by molar-refractivity contribution is 5.90. The number of hydrogen-bond acceptors (Lipinski definition) is 4. The Kier molecular flexibility index (Phi) is 5.49. The average Bonchev–Trinajstić information content (AvgIpc) is 3.09. The Balaban J connectivity index is 1.55. The number of morpholine rings is 1. The Labute approximate surface area is 176 Å². The number of hydrogen-bond donors (Lipinski definition) is 2. The van der Waals surface area contributed by atoms with Crippen molar-refractivity contribution in [3.8, 4) is 0 Å². The molecule has 1 aliphatic carbocycles. The molecule has 0 spiro atoms. The van der Waals surface area contributed by atoms with Gasteiger partial charge in [-0.1, -0.05) is 37.5 Å². The number of rotatable bonds is 5. The molecule has 0 bridgehead atoms. The third-order valence-corrected chi connectivity index (χ3v) is 6.46. The van der Waals surface area contributed by atoms with Gasteiger partial charge < -0.3 is 19.9 Å². The van der Waals surface area contributed by atoms with Crippen LogP contribution in [-0.4, -0.2) is 35.9 Å². The third-order valence-electron chi connectivity index (χ3n) is 6.46. The first-order valence-electron chi connectivity index (χ1n) is 11.2. The summed E-state index contributed by atoms with van der Waals surface area (Å²) < 4.78 is 7.53. The summed E-state index contributed by atoms with van der Waals surface area (Å²) in [7, 11) is 0. The van der Waals surface area contributed by atoms with Crippen LogP contribution in [0.3, 0.4) is 0 Å². The maximum Gasteiger partial charge on any atom is 0.326 e. The highest BCUT2D eigenvalue weighted by Gasteiger charge is 2.21. The van der Waals surface area contributed by atoms with E-state index in [0.29, 0.717) is 5.92 Å². The van der Waals surface area contributed by atoms with Gasteiger partial charge in [0.05, 0.1) is 35.6 Å². The second-order valence-corrected chi connectivity index (χ2v) is 8.52. The van der Waals surface area contributed by atoms with Gasteiger partial charge in [-0.3, -0.25) is 4.57 Å². The molecule has 2 N–H and O–H groups in total. The van der Waals surface area contributed by atoms with Gasteiger partial charge in [0.2, 0.25) is 0 Å². The predicted molar refractivity (Wildman–Crippen MR) is 122 cm³/mol. The zero-order chi connectivity index (χ0) is 20.3. The first-order chi connectivity index (χ1) is 14.8. The molecule has 6 heteroatoms. The molecule has 3 aromatic rings. The summed E-state index contributed by atoms with van der Waals surface area (Å²) >= 11 is 0. The van der Waals surface area contributed by atoms with Gasteiger partial charge in [-0.25, -0.2) is 4.79 Å². The van der Waals surface area contributed by atoms with Crippen molar-refractivity contribution in [2.24, 2.45) is 5.92 Å². The molecule has 158 valence electrons. The fraction of sp³-hybridized carbons (Fsp3) is 0.458. The first kappa shape index (κ1) is 19.2. The van der Waals surface area contributed by atoms with Crippen LogP contribution in [0.5, 0.6) is 0 Å². The summed E-state index contributed by atoms with van der Waals surface area (Å²) in [6, 6.07) is 14.5. The second kappa shape index (κ2) is 8.56. The van der Waals surface area contributed by atoms with E-state index >= 15 is 0 Å². The molecule has 0 radical (unpaired) electrons. The Bertz CT molecular complexity index is 1040. The quantitative estimate of drug-likeness (QED) is 0.655. The van der Waals surface area contributed by atoms with Gasteiger partial charge in [-0.05, 0) is 43.0 Å². The van der Waals surface area contributed by atoms with E-state index in [0.717, 1.165) is 60.9 Å². The van der Waals surface area contributed by atoms with Gasteiger partial charge in [0.25, 0.3) is 0 Å². The number of imidazole rings is 1. The maximum absolute atomic E-state index is 12.8. The smallest absolute Gasteiger partial charge is 0.326 e. The topological polar surface area (TPSA) is 62.3 Å². The van der Waals surface area contributed by atoms with Gasteiger partial charge in [0.1, 0.15) is 0 Å². The van der Waals surface area contributed by atoms with Crippen LogP contribution in [0, 0.1) is 5.92 Å². The van der Waals surface area contributed by atoms with Crippen LogP contribution in [0.4, 0.5) is 17.1 Å². The summed E-state index contributed by atoms with van der Waals surface area (Å²) in [6.45, 7) is 3.97. The lowest BCUT2D eigenvalue weighted by atomic mass is 9.89. The molecule has 5 rings (SSSR count). The number of aromatic amines is 1. The summed E-state index contributed by atoms with van der Waals surface area (Å²) in [6.07, 6.45) is 6.35. The Morgan fingerprint density at radius 3 is 2.57 bits per heavy atom. The van der Waals surface area contributed by atoms with E-state index in [1.54, 1.807) is 0 Å². The zero-order valence-electron chi connectivity index (χ0n) is 17.4. The summed E-state index contributed by atoms with van der Waals surface area (Å²) in [4.78, 5) is 18.3. The predicted octanol–water partition coefficient (Wildman–Crippen LogP) is 4.49. The lowest BCUT2D eigenvalue weighted by molar-refractivity contribution is 0.123. The monoisotopic (exact) mass is 406 g/mol. The van der Waals surface area contributed by atoms with Crippen molar-refractivity contribution in [2.75, 3.05) is 36.5 Å². The Hall–Kier alpha value is -2.73. The van der Waals surface area contributed by atoms with Crippen molar-refractivity contribution < 1.29 is 4.74 Å². The molecule has 6 nitrogen and oxygen atoms in total. The second-order valence-electron chi connectivity index (χ2n) is 8.52. The van der Waals surface area contributed by atoms with Gasteiger partial charge in [-0.2, -0.15) is 0 Å². The molecule has 2 fully saturated rings. The van der Waals surface area contributed by atoms with Crippen molar-refractivity contribution in [1.82, 2.24) is 9.55 Å². The standard InChI is InChI=1S/C24H30N4O2/c29-24-26-21-15-20(25-19-9-5-2-6-10-19)22(27-11-13-30-14-12-27)16-23(21)28(24)17-18-7-3-1-4-8-18/h2,5-6,9-10,15-16,18,25H,1,3-4,7-8,11-14,17H2,(H,26,29). The number of H-pyrrole nitrogens is 1. The fourth-order valence-corrected chi connectivity index (χ4v) is 4.84. The Morgan fingerprint density at radius 2 is 1.80 bits per heavy atom. The SMILES string of the molecule is O=c1[nH]c2cc(Nc3ccccc3)c(N3CCOCC3)cc2n1CC1CCCCC1. The van der Waals surface area contributed by atoms with E-state index in [1.165, 1.54) is 32.1 Å². The molecule has 1 aliphatic heterocycles. The minimum absolute atomic E-state index is 0.000335. The maximum atomic E-state index is 12.8. The van der Waals surface area contributed by atoms with Crippen molar-refractivity contribution >= 4 is 28.1 Å². The van der Waals surface area contributed by atoms with Crippen LogP contribution in [0.1, 0.15) is 32.1 Å². The lowest BCUT2D eigenvalue weighted by Gasteiger charge is -2.31. The number of benzene rings is 2. The number of para-hydroxylation sites is 1. The van der Waals surface area contributed by atoms with Crippen LogP contribution in [-0.2, 0) is 11.3 Å². The largest absolute Gasteiger partial charge is 0.378 e. The van der Waals surface area contributed by atoms with Crippen molar-refractivity contribution in [3.05, 3.63) is 52.9 Å². The summed E-state index contributed by atoms with van der Waals surface area (Å²) in [5, 5.41) is 3.56. The molecule has 0 atom stereocenters. The number of nitrogens with one attached hydrogen (secondary N) is 2. The number of ether oxygens (including phenoxy) is 1. The van der Waals surface area contributed by atoms with Gasteiger partial charge >= 0.3 is 5.69 Å². The van der Waals surface area contributed by atoms with Gasteiger partial charge in [0, 0.05) is 25.3 Å². The van der Waals surface area contributed by atoms with Crippen molar-refractivity contribution in [3.63, 3.8) is 0 Å². The van der Waals surface area contributed by atoms with Gasteiger partial charge in [-0.15, -0.1) is 0 Å². The van der Waals surface area contributed by atoms with Crippen LogP contribution in [0.2, 0.25) is 0 Å². The molecule has 1 aromatic heterocycles. The van der Waals surface area contributed by atoms with E-state index in [2.05, 4.69) is 39.5 Å². The average molecular weight is 407 g/mol. The molecule has 2 heterocycles. The van der Waals surface area contributed by atoms with Gasteiger partial charge in [0.15, 0.2) is 0 Å². The Morgan fingerprint density at radius 1 is 1.03 bits per heavy atom. The number of anilines is 3.